The summed E-state index contributed by atoms with van der Waals surface area (Å²) < 4.78 is 25.6. The van der Waals surface area contributed by atoms with E-state index in [1.165, 1.54) is 12.1 Å². The molecule has 0 heterocycles. The van der Waals surface area contributed by atoms with Crippen LogP contribution >= 0.6 is 0 Å². The van der Waals surface area contributed by atoms with Crippen LogP contribution in [0.15, 0.2) is 46.9 Å². The Bertz CT molecular complexity index is 974. The average Bonchev–Trinajstić information content (AvgIpc) is 2.89. The average molecular weight is 372 g/mol. The Hall–Kier alpha value is -2.60. The highest BCUT2D eigenvalue weighted by molar-refractivity contribution is 7.84. The fourth-order valence-electron chi connectivity index (χ4n) is 3.25. The molecule has 0 saturated heterocycles. The summed E-state index contributed by atoms with van der Waals surface area (Å²) in [6.07, 6.45) is 1.78. The van der Waals surface area contributed by atoms with Crippen molar-refractivity contribution in [2.45, 2.75) is 24.7 Å². The van der Waals surface area contributed by atoms with Gasteiger partial charge in [-0.05, 0) is 66.4 Å². The zero-order chi connectivity index (χ0) is 19.0. The van der Waals surface area contributed by atoms with Gasteiger partial charge in [0.1, 0.15) is 5.82 Å². The van der Waals surface area contributed by atoms with E-state index in [1.54, 1.807) is 37.4 Å². The number of halogens is 1. The molecular weight excluding hydrogens is 355 g/mol. The Kier molecular flexibility index (Phi) is 4.87. The standard InChI is InChI=1S/C20H17FO4S/c1-11-7-16-17(15(11)10-19(22)23)8-13(21)9-18(16)20(24)12-3-5-14(6-4-12)26(2)25/h3-6,8-9H,7,10H2,1-2H3,(H,22,23). The monoisotopic (exact) mass is 372 g/mol. The smallest absolute Gasteiger partial charge is 0.307 e. The Labute approximate surface area is 152 Å². The quantitative estimate of drug-likeness (QED) is 0.814. The molecule has 1 unspecified atom stereocenters. The van der Waals surface area contributed by atoms with E-state index in [4.69, 9.17) is 5.11 Å². The summed E-state index contributed by atoms with van der Waals surface area (Å²) >= 11 is 0. The third-order valence-electron chi connectivity index (χ3n) is 4.52. The molecular formula is C20H17FO4S. The molecule has 0 fully saturated rings. The van der Waals surface area contributed by atoms with Crippen LogP contribution in [0.2, 0.25) is 0 Å². The number of allylic oxidation sites excluding steroid dienone is 1. The number of carboxylic acids is 1. The zero-order valence-electron chi connectivity index (χ0n) is 14.3. The Morgan fingerprint density at radius 3 is 2.42 bits per heavy atom. The van der Waals surface area contributed by atoms with Gasteiger partial charge in [-0.25, -0.2) is 4.39 Å². The van der Waals surface area contributed by atoms with E-state index in [0.717, 1.165) is 5.57 Å². The molecule has 0 amide bonds. The van der Waals surface area contributed by atoms with Crippen LogP contribution in [0.1, 0.15) is 40.4 Å². The van der Waals surface area contributed by atoms with Crippen LogP contribution in [0.25, 0.3) is 5.57 Å². The number of ketones is 1. The molecule has 1 atom stereocenters. The Balaban J connectivity index is 2.04. The summed E-state index contributed by atoms with van der Waals surface area (Å²) in [6, 6.07) is 8.87. The molecule has 2 aromatic carbocycles. The van der Waals surface area contributed by atoms with Gasteiger partial charge in [-0.1, -0.05) is 5.57 Å². The number of aliphatic carboxylic acids is 1. The summed E-state index contributed by atoms with van der Waals surface area (Å²) in [4.78, 5) is 24.6. The Morgan fingerprint density at radius 1 is 1.19 bits per heavy atom. The van der Waals surface area contributed by atoms with Gasteiger partial charge in [-0.2, -0.15) is 0 Å². The lowest BCUT2D eigenvalue weighted by molar-refractivity contribution is -0.135. The second-order valence-electron chi connectivity index (χ2n) is 6.29. The van der Waals surface area contributed by atoms with Crippen LogP contribution in [0.5, 0.6) is 0 Å². The maximum absolute atomic E-state index is 14.1. The van der Waals surface area contributed by atoms with Crippen LogP contribution in [0, 0.1) is 5.82 Å². The molecule has 1 aliphatic rings. The van der Waals surface area contributed by atoms with Crippen LogP contribution in [0.3, 0.4) is 0 Å². The van der Waals surface area contributed by atoms with E-state index in [1.807, 2.05) is 0 Å². The minimum Gasteiger partial charge on any atom is -0.481 e. The molecule has 0 radical (unpaired) electrons. The van der Waals surface area contributed by atoms with Crippen molar-refractivity contribution in [1.82, 2.24) is 0 Å². The maximum Gasteiger partial charge on any atom is 0.307 e. The largest absolute Gasteiger partial charge is 0.481 e. The maximum atomic E-state index is 14.1. The van der Waals surface area contributed by atoms with Crippen LogP contribution in [0.4, 0.5) is 4.39 Å². The van der Waals surface area contributed by atoms with E-state index in [2.05, 4.69) is 0 Å². The SMILES string of the molecule is CC1=C(CC(=O)O)c2cc(F)cc(C(=O)c3ccc(S(C)=O)cc3)c2C1. The molecule has 1 N–H and O–H groups in total. The van der Waals surface area contributed by atoms with Crippen LogP contribution in [-0.2, 0) is 22.0 Å². The second kappa shape index (κ2) is 6.96. The fourth-order valence-corrected chi connectivity index (χ4v) is 3.77. The predicted octanol–water partition coefficient (Wildman–Crippen LogP) is 3.60. The summed E-state index contributed by atoms with van der Waals surface area (Å²) in [5, 5.41) is 9.09. The first kappa shape index (κ1) is 18.2. The van der Waals surface area contributed by atoms with Gasteiger partial charge in [0.05, 0.1) is 6.42 Å². The van der Waals surface area contributed by atoms with Crippen molar-refractivity contribution >= 4 is 28.1 Å². The van der Waals surface area contributed by atoms with E-state index in [9.17, 15) is 18.2 Å². The Morgan fingerprint density at radius 2 is 1.85 bits per heavy atom. The van der Waals surface area contributed by atoms with Crippen molar-refractivity contribution in [1.29, 1.82) is 0 Å². The topological polar surface area (TPSA) is 71.4 Å². The lowest BCUT2D eigenvalue weighted by atomic mass is 9.93. The molecule has 0 aliphatic heterocycles. The number of rotatable bonds is 5. The highest BCUT2D eigenvalue weighted by Crippen LogP contribution is 2.38. The molecule has 4 nitrogen and oxygen atoms in total. The summed E-state index contributed by atoms with van der Waals surface area (Å²) in [5.74, 6) is -1.90. The van der Waals surface area contributed by atoms with Gasteiger partial charge in [0.25, 0.3) is 0 Å². The molecule has 6 heteroatoms. The van der Waals surface area contributed by atoms with Crippen molar-refractivity contribution in [3.05, 3.63) is 70.0 Å². The van der Waals surface area contributed by atoms with Crippen molar-refractivity contribution in [2.24, 2.45) is 0 Å². The van der Waals surface area contributed by atoms with Gasteiger partial charge >= 0.3 is 5.97 Å². The fraction of sp³-hybridized carbons (Fsp3) is 0.200. The summed E-state index contributed by atoms with van der Waals surface area (Å²) in [7, 11) is -1.15. The van der Waals surface area contributed by atoms with E-state index in [-0.39, 0.29) is 17.8 Å². The van der Waals surface area contributed by atoms with Crippen molar-refractivity contribution in [2.75, 3.05) is 6.26 Å². The highest BCUT2D eigenvalue weighted by atomic mass is 32.2. The lowest BCUT2D eigenvalue weighted by Crippen LogP contribution is -2.07. The van der Waals surface area contributed by atoms with E-state index < -0.39 is 22.6 Å². The second-order valence-corrected chi connectivity index (χ2v) is 7.67. The van der Waals surface area contributed by atoms with Crippen molar-refractivity contribution in [3.8, 4) is 0 Å². The molecule has 26 heavy (non-hydrogen) atoms. The molecule has 0 saturated carbocycles. The normalized spacial score (nSPS) is 14.3. The first-order valence-electron chi connectivity index (χ1n) is 7.99. The number of hydrogen-bond donors (Lipinski definition) is 1. The summed E-state index contributed by atoms with van der Waals surface area (Å²) in [6.45, 7) is 1.80. The van der Waals surface area contributed by atoms with Crippen molar-refractivity contribution in [3.63, 3.8) is 0 Å². The molecule has 0 aromatic heterocycles. The highest BCUT2D eigenvalue weighted by Gasteiger charge is 2.27. The first-order chi connectivity index (χ1) is 12.3. The van der Waals surface area contributed by atoms with E-state index >= 15 is 0 Å². The van der Waals surface area contributed by atoms with Gasteiger partial charge in [0.2, 0.25) is 0 Å². The van der Waals surface area contributed by atoms with Gasteiger partial charge in [0.15, 0.2) is 5.78 Å². The minimum absolute atomic E-state index is 0.201. The lowest BCUT2D eigenvalue weighted by Gasteiger charge is -2.10. The minimum atomic E-state index is -1.15. The third kappa shape index (κ3) is 3.37. The molecule has 0 bridgehead atoms. The number of carboxylic acid groups (broad SMARTS) is 1. The molecule has 3 rings (SSSR count). The van der Waals surface area contributed by atoms with Gasteiger partial charge in [0, 0.05) is 33.1 Å². The molecule has 2 aromatic rings. The summed E-state index contributed by atoms with van der Waals surface area (Å²) in [5.41, 5.74) is 3.17. The van der Waals surface area contributed by atoms with Gasteiger partial charge in [-0.15, -0.1) is 0 Å². The number of hydrogen-bond acceptors (Lipinski definition) is 3. The number of carbonyl (C=O) groups excluding carboxylic acids is 1. The predicted molar refractivity (Wildman–Crippen MR) is 97.2 cm³/mol. The van der Waals surface area contributed by atoms with Crippen molar-refractivity contribution < 1.29 is 23.3 Å². The first-order valence-corrected chi connectivity index (χ1v) is 9.55. The van der Waals surface area contributed by atoms with Crippen LogP contribution < -0.4 is 0 Å². The number of fused-ring (bicyclic) bond motifs is 1. The van der Waals surface area contributed by atoms with Crippen LogP contribution in [-0.4, -0.2) is 27.3 Å². The van der Waals surface area contributed by atoms with E-state index in [0.29, 0.717) is 33.6 Å². The number of carbonyl (C=O) groups is 2. The van der Waals surface area contributed by atoms with Gasteiger partial charge in [-0.3, -0.25) is 13.8 Å². The number of benzene rings is 2. The third-order valence-corrected chi connectivity index (χ3v) is 5.45. The molecule has 1 aliphatic carbocycles. The van der Waals surface area contributed by atoms with Gasteiger partial charge < -0.3 is 5.11 Å². The molecule has 0 spiro atoms. The zero-order valence-corrected chi connectivity index (χ0v) is 15.2. The molecule has 134 valence electrons.